The van der Waals surface area contributed by atoms with Gasteiger partial charge in [0.15, 0.2) is 0 Å². The molecule has 0 spiro atoms. The molecule has 204 valence electrons. The SMILES string of the molecule is CC(C)c1nc(N(c2ncnn2C)S(C)(=O)=O)nc(-c2ccc(F)cc2)c1C=CC(O)CC(O)CC(=O)O. The van der Waals surface area contributed by atoms with E-state index in [1.807, 2.05) is 13.8 Å². The monoisotopic (exact) mass is 548 g/mol. The average Bonchev–Trinajstić information content (AvgIpc) is 3.21. The van der Waals surface area contributed by atoms with E-state index in [0.717, 1.165) is 10.6 Å². The third-order valence-corrected chi connectivity index (χ3v) is 6.41. The van der Waals surface area contributed by atoms with Gasteiger partial charge in [-0.3, -0.25) is 4.79 Å². The number of sulfonamides is 1. The van der Waals surface area contributed by atoms with Crippen molar-refractivity contribution in [2.45, 2.75) is 44.8 Å². The van der Waals surface area contributed by atoms with Crippen LogP contribution in [0, 0.1) is 5.82 Å². The number of nitrogens with zero attached hydrogens (tertiary/aromatic N) is 6. The van der Waals surface area contributed by atoms with Crippen LogP contribution in [0.1, 0.15) is 43.9 Å². The van der Waals surface area contributed by atoms with Crippen LogP contribution in [0.2, 0.25) is 0 Å². The lowest BCUT2D eigenvalue weighted by Crippen LogP contribution is -2.30. The number of carboxylic acid groups (broad SMARTS) is 1. The van der Waals surface area contributed by atoms with Gasteiger partial charge in [-0.05, 0) is 30.2 Å². The zero-order chi connectivity index (χ0) is 28.2. The van der Waals surface area contributed by atoms with E-state index in [1.165, 1.54) is 54.5 Å². The molecule has 2 aromatic heterocycles. The molecule has 0 saturated heterocycles. The molecule has 3 aromatic rings. The Morgan fingerprint density at radius 2 is 1.84 bits per heavy atom. The van der Waals surface area contributed by atoms with Crippen molar-refractivity contribution < 1.29 is 32.9 Å². The van der Waals surface area contributed by atoms with Crippen molar-refractivity contribution >= 4 is 34.0 Å². The number of aliphatic carboxylic acids is 1. The highest BCUT2D eigenvalue weighted by Gasteiger charge is 2.29. The van der Waals surface area contributed by atoms with E-state index in [2.05, 4.69) is 20.1 Å². The second-order valence-corrected chi connectivity index (χ2v) is 10.8. The molecule has 2 atom stereocenters. The highest BCUT2D eigenvalue weighted by atomic mass is 32.2. The van der Waals surface area contributed by atoms with Crippen LogP contribution < -0.4 is 4.31 Å². The van der Waals surface area contributed by atoms with Crippen LogP contribution in [0.4, 0.5) is 16.3 Å². The topological polar surface area (TPSA) is 172 Å². The number of aliphatic hydroxyl groups is 2. The number of carbonyl (C=O) groups is 1. The Kier molecular flexibility index (Phi) is 8.91. The molecule has 1 aromatic carbocycles. The minimum atomic E-state index is -3.98. The summed E-state index contributed by atoms with van der Waals surface area (Å²) < 4.78 is 41.5. The fourth-order valence-corrected chi connectivity index (χ4v) is 4.55. The lowest BCUT2D eigenvalue weighted by Gasteiger charge is -2.22. The van der Waals surface area contributed by atoms with Gasteiger partial charge in [0.1, 0.15) is 12.1 Å². The summed E-state index contributed by atoms with van der Waals surface area (Å²) in [5.41, 5.74) is 1.54. The summed E-state index contributed by atoms with van der Waals surface area (Å²) in [4.78, 5) is 23.9. The number of benzene rings is 1. The van der Waals surface area contributed by atoms with Crippen molar-refractivity contribution in [3.05, 3.63) is 53.7 Å². The van der Waals surface area contributed by atoms with Gasteiger partial charge < -0.3 is 15.3 Å². The van der Waals surface area contributed by atoms with Gasteiger partial charge in [0.05, 0.1) is 36.3 Å². The molecule has 2 heterocycles. The maximum Gasteiger partial charge on any atom is 0.305 e. The summed E-state index contributed by atoms with van der Waals surface area (Å²) in [6.07, 6.45) is 1.84. The van der Waals surface area contributed by atoms with E-state index in [-0.39, 0.29) is 29.9 Å². The van der Waals surface area contributed by atoms with Gasteiger partial charge in [0, 0.05) is 24.6 Å². The van der Waals surface area contributed by atoms with Crippen molar-refractivity contribution in [2.75, 3.05) is 10.6 Å². The standard InChI is InChI=1S/C24H29FN6O6S/c1-14(2)21-19(10-9-17(32)11-18(33)12-20(34)35)22(15-5-7-16(25)8-6-15)29-23(28-21)31(38(4,36)37)24-26-13-27-30(24)3/h5-10,13-14,17-18,32-33H,11-12H2,1-4H3,(H,34,35). The molecule has 0 amide bonds. The third kappa shape index (κ3) is 6.96. The quantitative estimate of drug-likeness (QED) is 0.323. The molecule has 3 rings (SSSR count). The van der Waals surface area contributed by atoms with Crippen LogP contribution >= 0.6 is 0 Å². The van der Waals surface area contributed by atoms with Gasteiger partial charge >= 0.3 is 5.97 Å². The van der Waals surface area contributed by atoms with Gasteiger partial charge in [-0.2, -0.15) is 14.4 Å². The smallest absolute Gasteiger partial charge is 0.305 e. The summed E-state index contributed by atoms with van der Waals surface area (Å²) in [7, 11) is -2.47. The molecule has 2 unspecified atom stereocenters. The molecule has 14 heteroatoms. The molecule has 0 saturated carbocycles. The van der Waals surface area contributed by atoms with Crippen LogP contribution in [0.5, 0.6) is 0 Å². The number of aliphatic hydroxyl groups excluding tert-OH is 2. The molecule has 0 aliphatic carbocycles. The summed E-state index contributed by atoms with van der Waals surface area (Å²) in [5, 5.41) is 33.0. The maximum absolute atomic E-state index is 13.7. The molecule has 3 N–H and O–H groups in total. The first kappa shape index (κ1) is 28.8. The first-order valence-electron chi connectivity index (χ1n) is 11.6. The normalized spacial score (nSPS) is 13.7. The van der Waals surface area contributed by atoms with Crippen LogP contribution in [0.15, 0.2) is 36.7 Å². The van der Waals surface area contributed by atoms with Crippen LogP contribution in [0.25, 0.3) is 17.3 Å². The van der Waals surface area contributed by atoms with E-state index >= 15 is 0 Å². The minimum Gasteiger partial charge on any atom is -0.481 e. The van der Waals surface area contributed by atoms with Crippen molar-refractivity contribution in [2.24, 2.45) is 7.05 Å². The largest absolute Gasteiger partial charge is 0.481 e. The summed E-state index contributed by atoms with van der Waals surface area (Å²) in [5.74, 6) is -2.19. The Hall–Kier alpha value is -3.75. The Labute approximate surface area is 219 Å². The first-order chi connectivity index (χ1) is 17.8. The molecule has 0 fully saturated rings. The number of anilines is 2. The third-order valence-electron chi connectivity index (χ3n) is 5.42. The van der Waals surface area contributed by atoms with Crippen LogP contribution in [-0.2, 0) is 21.9 Å². The summed E-state index contributed by atoms with van der Waals surface area (Å²) in [6.45, 7) is 3.66. The summed E-state index contributed by atoms with van der Waals surface area (Å²) >= 11 is 0. The number of halogens is 1. The Bertz CT molecular complexity index is 1420. The minimum absolute atomic E-state index is 0.0432. The number of hydrogen-bond donors (Lipinski definition) is 3. The van der Waals surface area contributed by atoms with Gasteiger partial charge in [-0.1, -0.05) is 26.0 Å². The number of hydrogen-bond acceptors (Lipinski definition) is 9. The van der Waals surface area contributed by atoms with Gasteiger partial charge in [-0.15, -0.1) is 0 Å². The molecular weight excluding hydrogens is 519 g/mol. The van der Waals surface area contributed by atoms with Crippen molar-refractivity contribution in [1.29, 1.82) is 0 Å². The predicted molar refractivity (Wildman–Crippen MR) is 137 cm³/mol. The zero-order valence-electron chi connectivity index (χ0n) is 21.2. The lowest BCUT2D eigenvalue weighted by molar-refractivity contribution is -0.139. The second-order valence-electron chi connectivity index (χ2n) is 8.96. The van der Waals surface area contributed by atoms with Gasteiger partial charge in [-0.25, -0.2) is 27.5 Å². The number of rotatable bonds is 11. The number of aryl methyl sites for hydroxylation is 1. The Morgan fingerprint density at radius 1 is 1.18 bits per heavy atom. The van der Waals surface area contributed by atoms with Crippen molar-refractivity contribution in [3.8, 4) is 11.3 Å². The zero-order valence-corrected chi connectivity index (χ0v) is 22.0. The molecule has 0 aliphatic heterocycles. The molecule has 12 nitrogen and oxygen atoms in total. The molecule has 0 bridgehead atoms. The highest BCUT2D eigenvalue weighted by molar-refractivity contribution is 7.92. The van der Waals surface area contributed by atoms with Gasteiger partial charge in [0.2, 0.25) is 21.9 Å². The fraction of sp³-hybridized carbons (Fsp3) is 0.375. The fourth-order valence-electron chi connectivity index (χ4n) is 3.71. The van der Waals surface area contributed by atoms with E-state index in [4.69, 9.17) is 5.11 Å². The van der Waals surface area contributed by atoms with Crippen molar-refractivity contribution in [3.63, 3.8) is 0 Å². The molecule has 0 aliphatic rings. The Morgan fingerprint density at radius 3 is 2.37 bits per heavy atom. The molecular formula is C24H29FN6O6S. The van der Waals surface area contributed by atoms with E-state index in [1.54, 1.807) is 0 Å². The number of aromatic nitrogens is 5. The summed E-state index contributed by atoms with van der Waals surface area (Å²) in [6, 6.07) is 5.41. The lowest BCUT2D eigenvalue weighted by atomic mass is 9.97. The van der Waals surface area contributed by atoms with Crippen LogP contribution in [-0.4, -0.2) is 72.9 Å². The molecule has 0 radical (unpaired) electrons. The van der Waals surface area contributed by atoms with Crippen LogP contribution in [0.3, 0.4) is 0 Å². The first-order valence-corrected chi connectivity index (χ1v) is 13.4. The second kappa shape index (κ2) is 11.8. The van der Waals surface area contributed by atoms with Gasteiger partial charge in [0.25, 0.3) is 0 Å². The average molecular weight is 549 g/mol. The van der Waals surface area contributed by atoms with E-state index < -0.39 is 40.4 Å². The van der Waals surface area contributed by atoms with Crippen molar-refractivity contribution in [1.82, 2.24) is 24.7 Å². The van der Waals surface area contributed by atoms with E-state index in [9.17, 15) is 27.8 Å². The predicted octanol–water partition coefficient (Wildman–Crippen LogP) is 2.23. The highest BCUT2D eigenvalue weighted by Crippen LogP contribution is 2.33. The maximum atomic E-state index is 13.7. The number of carboxylic acids is 1. The molecule has 38 heavy (non-hydrogen) atoms. The Balaban J connectivity index is 2.22. The van der Waals surface area contributed by atoms with E-state index in [0.29, 0.717) is 16.8 Å².